The molecule has 10 heteroatoms. The van der Waals surface area contributed by atoms with Gasteiger partial charge in [0.25, 0.3) is 5.91 Å². The van der Waals surface area contributed by atoms with E-state index in [9.17, 15) is 18.8 Å². The number of fused-ring (bicyclic) bond motifs is 3. The third-order valence-corrected chi connectivity index (χ3v) is 9.56. The minimum absolute atomic E-state index is 0.0766. The number of anilines is 1. The Hall–Kier alpha value is -3.79. The number of benzene rings is 2. The Bertz CT molecular complexity index is 1620. The molecule has 6 rings (SSSR count). The molecule has 1 saturated carbocycles. The van der Waals surface area contributed by atoms with Gasteiger partial charge < -0.3 is 21.3 Å². The number of carbonyl (C=O) groups is 3. The lowest BCUT2D eigenvalue weighted by atomic mass is 9.80. The van der Waals surface area contributed by atoms with Gasteiger partial charge in [-0.25, -0.2) is 8.78 Å². The third kappa shape index (κ3) is 5.96. The summed E-state index contributed by atoms with van der Waals surface area (Å²) in [5.41, 5.74) is 7.64. The van der Waals surface area contributed by atoms with Gasteiger partial charge in [0.05, 0.1) is 16.8 Å². The summed E-state index contributed by atoms with van der Waals surface area (Å²) in [6.45, 7) is 7.73. The number of aromatic nitrogens is 1. The standard InChI is InChI=1S/C34H41F2N5O3/c1-34(2)18-28-30(24-10-7-22(35)17-27(24)41(28)29(42)19-34)21-15-25(36)31(32(37)43)26(16-21)39-23-8-5-20(6-9-23)33(44)38-11-14-40-12-3-4-13-40/h7,10,15-17,20,23,39H,3-6,8-9,11-14,18-19H2,1-2H3,(H2,37,43)(H,38,44). The van der Waals surface area contributed by atoms with Crippen molar-refractivity contribution in [3.63, 3.8) is 0 Å². The summed E-state index contributed by atoms with van der Waals surface area (Å²) in [5, 5.41) is 7.09. The minimum atomic E-state index is -0.884. The number of nitrogens with one attached hydrogen (secondary N) is 2. The number of hydrogen-bond acceptors (Lipinski definition) is 5. The average Bonchev–Trinajstić information content (AvgIpc) is 3.58. The first kappa shape index (κ1) is 30.2. The first-order valence-electron chi connectivity index (χ1n) is 15.8. The Labute approximate surface area is 256 Å². The van der Waals surface area contributed by atoms with Crippen LogP contribution in [0.15, 0.2) is 30.3 Å². The monoisotopic (exact) mass is 605 g/mol. The van der Waals surface area contributed by atoms with E-state index in [2.05, 4.69) is 15.5 Å². The molecular weight excluding hydrogens is 564 g/mol. The molecule has 1 aliphatic carbocycles. The largest absolute Gasteiger partial charge is 0.382 e. The zero-order valence-corrected chi connectivity index (χ0v) is 25.5. The minimum Gasteiger partial charge on any atom is -0.382 e. The van der Waals surface area contributed by atoms with Crippen molar-refractivity contribution in [2.75, 3.05) is 31.5 Å². The van der Waals surface area contributed by atoms with Gasteiger partial charge in [0.15, 0.2) is 0 Å². The van der Waals surface area contributed by atoms with Gasteiger partial charge in [0.2, 0.25) is 11.8 Å². The number of nitrogens with zero attached hydrogens (tertiary/aromatic N) is 2. The first-order chi connectivity index (χ1) is 21.0. The van der Waals surface area contributed by atoms with Crippen molar-refractivity contribution >= 4 is 34.3 Å². The highest BCUT2D eigenvalue weighted by molar-refractivity contribution is 6.06. The van der Waals surface area contributed by atoms with Crippen LogP contribution < -0.4 is 16.4 Å². The Kier molecular flexibility index (Phi) is 8.22. The number of primary amides is 1. The van der Waals surface area contributed by atoms with E-state index in [1.165, 1.54) is 31.0 Å². The molecule has 4 N–H and O–H groups in total. The molecule has 3 heterocycles. The predicted molar refractivity (Wildman–Crippen MR) is 167 cm³/mol. The van der Waals surface area contributed by atoms with Gasteiger partial charge in [-0.05, 0) is 99.3 Å². The second-order valence-corrected chi connectivity index (χ2v) is 13.5. The van der Waals surface area contributed by atoms with Gasteiger partial charge in [-0.1, -0.05) is 13.8 Å². The smallest absolute Gasteiger partial charge is 0.253 e. The summed E-state index contributed by atoms with van der Waals surface area (Å²) in [6.07, 6.45) is 6.01. The molecule has 3 aromatic rings. The van der Waals surface area contributed by atoms with Crippen molar-refractivity contribution < 1.29 is 23.2 Å². The van der Waals surface area contributed by atoms with Gasteiger partial charge >= 0.3 is 0 Å². The molecule has 0 radical (unpaired) electrons. The lowest BCUT2D eigenvalue weighted by Crippen LogP contribution is -2.39. The van der Waals surface area contributed by atoms with Crippen LogP contribution in [0.5, 0.6) is 0 Å². The Morgan fingerprint density at radius 1 is 1.02 bits per heavy atom. The van der Waals surface area contributed by atoms with Crippen molar-refractivity contribution in [2.24, 2.45) is 17.1 Å². The first-order valence-corrected chi connectivity index (χ1v) is 15.8. The normalized spacial score (nSPS) is 21.8. The molecule has 0 spiro atoms. The zero-order valence-electron chi connectivity index (χ0n) is 25.5. The van der Waals surface area contributed by atoms with E-state index in [0.717, 1.165) is 19.6 Å². The fraction of sp³-hybridized carbons (Fsp3) is 0.500. The lowest BCUT2D eigenvalue weighted by molar-refractivity contribution is -0.126. The molecule has 2 amide bonds. The molecule has 2 aliphatic heterocycles. The summed E-state index contributed by atoms with van der Waals surface area (Å²) in [7, 11) is 0. The van der Waals surface area contributed by atoms with Crippen LogP contribution in [0.4, 0.5) is 14.5 Å². The summed E-state index contributed by atoms with van der Waals surface area (Å²) in [6, 6.07) is 7.21. The maximum Gasteiger partial charge on any atom is 0.253 e. The molecular formula is C34H41F2N5O3. The van der Waals surface area contributed by atoms with Crippen LogP contribution in [0.3, 0.4) is 0 Å². The highest BCUT2D eigenvalue weighted by Gasteiger charge is 2.36. The van der Waals surface area contributed by atoms with Gasteiger partial charge in [0.1, 0.15) is 11.6 Å². The molecule has 1 aromatic heterocycles. The maximum absolute atomic E-state index is 15.7. The highest BCUT2D eigenvalue weighted by atomic mass is 19.1. The van der Waals surface area contributed by atoms with Crippen molar-refractivity contribution in [1.82, 2.24) is 14.8 Å². The maximum atomic E-state index is 15.7. The van der Waals surface area contributed by atoms with Crippen LogP contribution in [-0.2, 0) is 11.2 Å². The topological polar surface area (TPSA) is 109 Å². The van der Waals surface area contributed by atoms with Crippen molar-refractivity contribution in [3.05, 3.63) is 53.2 Å². The van der Waals surface area contributed by atoms with E-state index in [1.807, 2.05) is 13.8 Å². The van der Waals surface area contributed by atoms with E-state index in [4.69, 9.17) is 5.73 Å². The molecule has 0 atom stereocenters. The molecule has 44 heavy (non-hydrogen) atoms. The molecule has 1 saturated heterocycles. The highest BCUT2D eigenvalue weighted by Crippen LogP contribution is 2.44. The number of nitrogens with two attached hydrogens (primary N) is 1. The van der Waals surface area contributed by atoms with Crippen LogP contribution >= 0.6 is 0 Å². The Morgan fingerprint density at radius 3 is 2.45 bits per heavy atom. The molecule has 0 bridgehead atoms. The lowest BCUT2D eigenvalue weighted by Gasteiger charge is -2.31. The Morgan fingerprint density at radius 2 is 1.75 bits per heavy atom. The van der Waals surface area contributed by atoms with Gasteiger partial charge in [-0.3, -0.25) is 19.0 Å². The molecule has 3 aliphatic rings. The van der Waals surface area contributed by atoms with E-state index in [-0.39, 0.29) is 40.4 Å². The number of amides is 2. The number of rotatable bonds is 8. The number of carbonyl (C=O) groups excluding carboxylic acids is 3. The van der Waals surface area contributed by atoms with Crippen LogP contribution in [0, 0.1) is 23.0 Å². The third-order valence-electron chi connectivity index (χ3n) is 9.56. The molecule has 0 unspecified atom stereocenters. The fourth-order valence-corrected chi connectivity index (χ4v) is 7.42. The quantitative estimate of drug-likeness (QED) is 0.315. The van der Waals surface area contributed by atoms with Crippen molar-refractivity contribution in [1.29, 1.82) is 0 Å². The van der Waals surface area contributed by atoms with Crippen molar-refractivity contribution in [2.45, 2.75) is 71.3 Å². The van der Waals surface area contributed by atoms with Gasteiger partial charge in [0, 0.05) is 48.1 Å². The Balaban J connectivity index is 1.25. The van der Waals surface area contributed by atoms with Gasteiger partial charge in [-0.15, -0.1) is 0 Å². The van der Waals surface area contributed by atoms with Crippen LogP contribution in [0.2, 0.25) is 0 Å². The molecule has 2 fully saturated rings. The van der Waals surface area contributed by atoms with E-state index in [1.54, 1.807) is 16.7 Å². The molecule has 8 nitrogen and oxygen atoms in total. The summed E-state index contributed by atoms with van der Waals surface area (Å²) in [4.78, 5) is 40.9. The van der Waals surface area contributed by atoms with Crippen LogP contribution in [0.1, 0.15) is 79.6 Å². The van der Waals surface area contributed by atoms with Crippen LogP contribution in [0.25, 0.3) is 22.0 Å². The van der Waals surface area contributed by atoms with E-state index in [0.29, 0.717) is 72.8 Å². The summed E-state index contributed by atoms with van der Waals surface area (Å²) >= 11 is 0. The van der Waals surface area contributed by atoms with Gasteiger partial charge in [-0.2, -0.15) is 0 Å². The summed E-state index contributed by atoms with van der Waals surface area (Å²) < 4.78 is 31.6. The second kappa shape index (κ2) is 12.0. The van der Waals surface area contributed by atoms with E-state index >= 15 is 4.39 Å². The number of likely N-dealkylation sites (tertiary alicyclic amines) is 1. The predicted octanol–water partition coefficient (Wildman–Crippen LogP) is 5.48. The van der Waals surface area contributed by atoms with E-state index < -0.39 is 17.5 Å². The zero-order chi connectivity index (χ0) is 31.2. The summed E-state index contributed by atoms with van der Waals surface area (Å²) in [5.74, 6) is -2.25. The second-order valence-electron chi connectivity index (χ2n) is 13.5. The SMILES string of the molecule is CC1(C)CC(=O)n2c(c(-c3cc(F)c(C(N)=O)c(NC4CCC(C(=O)NCCN5CCCC5)CC4)c3)c3ccc(F)cc32)C1. The molecule has 2 aromatic carbocycles. The number of halogens is 2. The fourth-order valence-electron chi connectivity index (χ4n) is 7.42. The molecule has 234 valence electrons. The number of hydrogen-bond donors (Lipinski definition) is 3. The van der Waals surface area contributed by atoms with Crippen molar-refractivity contribution in [3.8, 4) is 11.1 Å². The van der Waals surface area contributed by atoms with Crippen LogP contribution in [-0.4, -0.2) is 59.4 Å². The average molecular weight is 606 g/mol.